The molecule has 3 rings (SSSR count). The zero-order valence-electron chi connectivity index (χ0n) is 18.0. The minimum absolute atomic E-state index is 0. The molecule has 164 valence electrons. The number of aliphatic hydroxyl groups is 1. The molecule has 5 heteroatoms. The summed E-state index contributed by atoms with van der Waals surface area (Å²) in [5.74, 6) is 3.34. The molecule has 1 aromatic carbocycles. The molecule has 2 heterocycles. The van der Waals surface area contributed by atoms with E-state index in [2.05, 4.69) is 43.5 Å². The number of fused-ring (bicyclic) bond motifs is 3. The van der Waals surface area contributed by atoms with Crippen molar-refractivity contribution in [3.05, 3.63) is 23.3 Å². The normalized spacial score (nSPS) is 20.8. The van der Waals surface area contributed by atoms with Gasteiger partial charge in [-0.25, -0.2) is 0 Å². The fourth-order valence-corrected chi connectivity index (χ4v) is 3.52. The van der Waals surface area contributed by atoms with E-state index in [1.807, 2.05) is 13.8 Å². The fraction of sp³-hybridized carbons (Fsp3) is 0.739. The van der Waals surface area contributed by atoms with Crippen molar-refractivity contribution in [1.29, 1.82) is 0 Å². The third-order valence-electron chi connectivity index (χ3n) is 4.95. The van der Waals surface area contributed by atoms with Gasteiger partial charge >= 0.3 is 0 Å². The predicted molar refractivity (Wildman–Crippen MR) is 124 cm³/mol. The zero-order chi connectivity index (χ0) is 20.4. The standard InChI is InChI=1S/C16H23NO3.C4H10S.C2H6.CH4/c1-19-15-8-11-4-3-6-17-7-5-12(18)9-14(17)13(11)10-16(15)20-2;1-4(2)3-5;1-2;/h8,10,12,14,18H,3-7,9H2,1-2H3;4-5H,3H2,1-2H3;1-2H3;1H4/t12-,14?;;;/m0.../s1. The minimum Gasteiger partial charge on any atom is -0.493 e. The summed E-state index contributed by atoms with van der Waals surface area (Å²) in [5.41, 5.74) is 2.64. The number of methoxy groups -OCH3 is 2. The summed E-state index contributed by atoms with van der Waals surface area (Å²) >= 11 is 4.02. The molecule has 1 fully saturated rings. The van der Waals surface area contributed by atoms with E-state index in [4.69, 9.17) is 9.47 Å². The fourth-order valence-electron chi connectivity index (χ4n) is 3.52. The maximum absolute atomic E-state index is 10.0. The van der Waals surface area contributed by atoms with Gasteiger partial charge in [0.05, 0.1) is 20.3 Å². The monoisotopic (exact) mass is 413 g/mol. The molecular formula is C23H43NO3S. The van der Waals surface area contributed by atoms with Gasteiger partial charge < -0.3 is 14.6 Å². The maximum Gasteiger partial charge on any atom is 0.161 e. The molecule has 2 aliphatic heterocycles. The average Bonchev–Trinajstić information content (AvgIpc) is 2.87. The summed E-state index contributed by atoms with van der Waals surface area (Å²) in [6, 6.07) is 4.53. The van der Waals surface area contributed by atoms with Crippen molar-refractivity contribution in [3.63, 3.8) is 0 Å². The number of nitrogens with zero attached hydrogens (tertiary/aromatic N) is 1. The average molecular weight is 414 g/mol. The summed E-state index contributed by atoms with van der Waals surface area (Å²) < 4.78 is 10.9. The van der Waals surface area contributed by atoms with Crippen LogP contribution in [0.5, 0.6) is 11.5 Å². The van der Waals surface area contributed by atoms with Gasteiger partial charge in [-0.05, 0) is 67.2 Å². The molecular weight excluding hydrogens is 370 g/mol. The van der Waals surface area contributed by atoms with Gasteiger partial charge in [-0.15, -0.1) is 0 Å². The molecule has 1 saturated heterocycles. The Hall–Kier alpha value is -0.910. The number of rotatable bonds is 3. The SMILES string of the molecule is C.CC.CC(C)CS.COc1cc2c(cc1OC)C1C[C@@H](O)CCN1CCC2. The van der Waals surface area contributed by atoms with Gasteiger partial charge in [0.1, 0.15) is 0 Å². The van der Waals surface area contributed by atoms with Crippen LogP contribution in [0.25, 0.3) is 0 Å². The van der Waals surface area contributed by atoms with Crippen molar-refractivity contribution in [2.75, 3.05) is 33.1 Å². The molecule has 1 N–H and O–H groups in total. The van der Waals surface area contributed by atoms with Crippen LogP contribution in [0.2, 0.25) is 0 Å². The first kappa shape index (κ1) is 27.1. The van der Waals surface area contributed by atoms with Crippen LogP contribution >= 0.6 is 12.6 Å². The Bertz CT molecular complexity index is 551. The molecule has 4 nitrogen and oxygen atoms in total. The van der Waals surface area contributed by atoms with Crippen LogP contribution in [-0.2, 0) is 6.42 Å². The topological polar surface area (TPSA) is 41.9 Å². The third kappa shape index (κ3) is 7.49. The first-order valence-electron chi connectivity index (χ1n) is 10.3. The molecule has 1 unspecified atom stereocenters. The molecule has 0 saturated carbocycles. The van der Waals surface area contributed by atoms with Gasteiger partial charge in [0.2, 0.25) is 0 Å². The van der Waals surface area contributed by atoms with Crippen LogP contribution in [0.4, 0.5) is 0 Å². The number of ether oxygens (including phenoxy) is 2. The first-order valence-corrected chi connectivity index (χ1v) is 10.9. The van der Waals surface area contributed by atoms with E-state index in [0.29, 0.717) is 6.04 Å². The van der Waals surface area contributed by atoms with E-state index in [9.17, 15) is 5.11 Å². The number of piperidine rings is 1. The predicted octanol–water partition coefficient (Wildman–Crippen LogP) is 5.38. The molecule has 0 spiro atoms. The van der Waals surface area contributed by atoms with Gasteiger partial charge in [-0.3, -0.25) is 4.90 Å². The zero-order valence-corrected chi connectivity index (χ0v) is 18.9. The van der Waals surface area contributed by atoms with Crippen LogP contribution < -0.4 is 9.47 Å². The van der Waals surface area contributed by atoms with E-state index >= 15 is 0 Å². The first-order chi connectivity index (χ1) is 13.0. The van der Waals surface area contributed by atoms with Crippen molar-refractivity contribution in [2.24, 2.45) is 5.92 Å². The molecule has 2 aliphatic rings. The van der Waals surface area contributed by atoms with Crippen molar-refractivity contribution in [1.82, 2.24) is 4.90 Å². The van der Waals surface area contributed by atoms with Gasteiger partial charge in [0.25, 0.3) is 0 Å². The number of aliphatic hydroxyl groups excluding tert-OH is 1. The number of thiol groups is 1. The molecule has 0 aliphatic carbocycles. The van der Waals surface area contributed by atoms with Gasteiger partial charge in [0.15, 0.2) is 11.5 Å². The second-order valence-electron chi connectivity index (χ2n) is 7.32. The molecule has 0 aromatic heterocycles. The Morgan fingerprint density at radius 1 is 1.14 bits per heavy atom. The molecule has 0 amide bonds. The number of aryl methyl sites for hydroxylation is 1. The Balaban J connectivity index is 0.000000800. The lowest BCUT2D eigenvalue weighted by Crippen LogP contribution is -2.38. The van der Waals surface area contributed by atoms with Crippen LogP contribution in [0.3, 0.4) is 0 Å². The summed E-state index contributed by atoms with van der Waals surface area (Å²) in [4.78, 5) is 2.50. The van der Waals surface area contributed by atoms with Crippen molar-refractivity contribution >= 4 is 12.6 Å². The summed E-state index contributed by atoms with van der Waals surface area (Å²) in [7, 11) is 3.35. The van der Waals surface area contributed by atoms with Crippen molar-refractivity contribution in [3.8, 4) is 11.5 Å². The third-order valence-corrected chi connectivity index (χ3v) is 5.68. The highest BCUT2D eigenvalue weighted by Gasteiger charge is 2.32. The molecule has 0 bridgehead atoms. The quantitative estimate of drug-likeness (QED) is 0.653. The Morgan fingerprint density at radius 3 is 2.25 bits per heavy atom. The lowest BCUT2D eigenvalue weighted by Gasteiger charge is -2.37. The van der Waals surface area contributed by atoms with E-state index in [1.165, 1.54) is 11.1 Å². The van der Waals surface area contributed by atoms with E-state index in [1.54, 1.807) is 14.2 Å². The lowest BCUT2D eigenvalue weighted by molar-refractivity contribution is 0.0424. The highest BCUT2D eigenvalue weighted by molar-refractivity contribution is 7.80. The summed E-state index contributed by atoms with van der Waals surface area (Å²) in [5, 5.41) is 10.0. The van der Waals surface area contributed by atoms with E-state index in [-0.39, 0.29) is 13.5 Å². The van der Waals surface area contributed by atoms with Crippen molar-refractivity contribution < 1.29 is 14.6 Å². The van der Waals surface area contributed by atoms with Crippen LogP contribution in [0.15, 0.2) is 12.1 Å². The van der Waals surface area contributed by atoms with E-state index in [0.717, 1.165) is 61.9 Å². The van der Waals surface area contributed by atoms with Crippen molar-refractivity contribution in [2.45, 2.75) is 73.0 Å². The highest BCUT2D eigenvalue weighted by Crippen LogP contribution is 2.40. The number of hydrogen-bond donors (Lipinski definition) is 2. The Kier molecular flexibility index (Phi) is 13.7. The second-order valence-corrected chi connectivity index (χ2v) is 7.68. The minimum atomic E-state index is -0.185. The van der Waals surface area contributed by atoms with Crippen LogP contribution in [-0.4, -0.2) is 49.2 Å². The molecule has 2 atom stereocenters. The number of hydrogen-bond acceptors (Lipinski definition) is 5. The summed E-state index contributed by atoms with van der Waals surface area (Å²) in [6.07, 6.45) is 3.76. The van der Waals surface area contributed by atoms with E-state index < -0.39 is 0 Å². The van der Waals surface area contributed by atoms with Gasteiger partial charge in [-0.1, -0.05) is 35.1 Å². The Labute approximate surface area is 179 Å². The molecule has 28 heavy (non-hydrogen) atoms. The lowest BCUT2D eigenvalue weighted by atomic mass is 9.90. The largest absolute Gasteiger partial charge is 0.493 e. The Morgan fingerprint density at radius 2 is 1.71 bits per heavy atom. The maximum atomic E-state index is 10.0. The number of benzene rings is 1. The molecule has 1 aromatic rings. The highest BCUT2D eigenvalue weighted by atomic mass is 32.1. The van der Waals surface area contributed by atoms with Crippen LogP contribution in [0.1, 0.15) is 71.6 Å². The summed E-state index contributed by atoms with van der Waals surface area (Å²) in [6.45, 7) is 10.4. The van der Waals surface area contributed by atoms with Crippen LogP contribution in [0, 0.1) is 5.92 Å². The smallest absolute Gasteiger partial charge is 0.161 e. The van der Waals surface area contributed by atoms with Gasteiger partial charge in [0, 0.05) is 12.6 Å². The molecule has 0 radical (unpaired) electrons. The second kappa shape index (κ2) is 14.1. The van der Waals surface area contributed by atoms with Gasteiger partial charge in [-0.2, -0.15) is 12.6 Å².